The summed E-state index contributed by atoms with van der Waals surface area (Å²) >= 11 is 0. The zero-order valence-corrected chi connectivity index (χ0v) is 18.7. The molecule has 11 heteroatoms. The van der Waals surface area contributed by atoms with Crippen molar-refractivity contribution in [3.05, 3.63) is 0 Å². The summed E-state index contributed by atoms with van der Waals surface area (Å²) in [5.41, 5.74) is 0. The van der Waals surface area contributed by atoms with Gasteiger partial charge in [0.25, 0.3) is 0 Å². The van der Waals surface area contributed by atoms with Crippen LogP contribution in [0.2, 0.25) is 0 Å². The predicted octanol–water partition coefficient (Wildman–Crippen LogP) is 2.61. The molecule has 0 bridgehead atoms. The molecular weight excluding hydrogens is 496 g/mol. The Morgan fingerprint density at radius 2 is 1.74 bits per heavy atom. The summed E-state index contributed by atoms with van der Waals surface area (Å²) in [7, 11) is -1.78. The largest absolute Gasteiger partial charge is 0.391 e. The van der Waals surface area contributed by atoms with Gasteiger partial charge in [-0.1, -0.05) is 6.42 Å². The van der Waals surface area contributed by atoms with E-state index in [1.165, 1.54) is 6.42 Å². The second-order valence-electron chi connectivity index (χ2n) is 7.20. The summed E-state index contributed by atoms with van der Waals surface area (Å²) < 4.78 is 64.6. The van der Waals surface area contributed by atoms with Crippen LogP contribution in [0.1, 0.15) is 44.9 Å². The number of hydrogen-bond donors (Lipinski definition) is 3. The lowest BCUT2D eigenvalue weighted by Crippen LogP contribution is -2.47. The van der Waals surface area contributed by atoms with Gasteiger partial charge in [-0.15, -0.1) is 24.0 Å². The number of hydrogen-bond acceptors (Lipinski definition) is 3. The van der Waals surface area contributed by atoms with Gasteiger partial charge in [0, 0.05) is 26.2 Å². The second kappa shape index (κ2) is 11.0. The molecule has 0 spiro atoms. The average Bonchev–Trinajstić information content (AvgIpc) is 2.51. The first-order chi connectivity index (χ1) is 12.2. The maximum absolute atomic E-state index is 12.7. The molecule has 0 aliphatic heterocycles. The molecule has 2 rings (SSSR count). The summed E-state index contributed by atoms with van der Waals surface area (Å²) in [6, 6.07) is -0.0758. The third kappa shape index (κ3) is 8.71. The molecule has 2 saturated carbocycles. The lowest BCUT2D eigenvalue weighted by molar-refractivity contribution is -0.182. The second-order valence-corrected chi connectivity index (χ2v) is 9.12. The fourth-order valence-electron chi connectivity index (χ4n) is 3.27. The van der Waals surface area contributed by atoms with Gasteiger partial charge in [-0.25, -0.2) is 13.1 Å². The molecule has 2 aliphatic rings. The highest BCUT2D eigenvalue weighted by atomic mass is 127. The highest BCUT2D eigenvalue weighted by Crippen LogP contribution is 2.37. The Labute approximate surface area is 176 Å². The topological polar surface area (TPSA) is 82.6 Å². The molecule has 6 nitrogen and oxygen atoms in total. The van der Waals surface area contributed by atoms with Crippen LogP contribution in [0.4, 0.5) is 13.2 Å². The Hall–Kier alpha value is -0.300. The van der Waals surface area contributed by atoms with Crippen molar-refractivity contribution in [2.24, 2.45) is 16.8 Å². The zero-order chi connectivity index (χ0) is 19.2. The molecule has 0 atom stereocenters. The van der Waals surface area contributed by atoms with Crippen LogP contribution in [-0.2, 0) is 10.0 Å². The van der Waals surface area contributed by atoms with Crippen molar-refractivity contribution in [1.82, 2.24) is 15.4 Å². The minimum Gasteiger partial charge on any atom is -0.355 e. The van der Waals surface area contributed by atoms with Gasteiger partial charge in [0.2, 0.25) is 10.0 Å². The number of nitrogens with one attached hydrogen (secondary N) is 3. The molecule has 160 valence electrons. The Morgan fingerprint density at radius 3 is 2.22 bits per heavy atom. The smallest absolute Gasteiger partial charge is 0.355 e. The van der Waals surface area contributed by atoms with Gasteiger partial charge >= 0.3 is 6.18 Å². The van der Waals surface area contributed by atoms with Gasteiger partial charge in [0.05, 0.1) is 11.7 Å². The number of alkyl halides is 3. The minimum atomic E-state index is -4.12. The van der Waals surface area contributed by atoms with Crippen LogP contribution in [0.15, 0.2) is 4.99 Å². The van der Waals surface area contributed by atoms with E-state index in [9.17, 15) is 21.6 Å². The van der Waals surface area contributed by atoms with Gasteiger partial charge in [0.1, 0.15) is 0 Å². The van der Waals surface area contributed by atoms with Crippen LogP contribution in [-0.4, -0.2) is 52.5 Å². The number of halogens is 4. The number of aliphatic imine (C=N–C) groups is 1. The monoisotopic (exact) mass is 526 g/mol. The van der Waals surface area contributed by atoms with Gasteiger partial charge in [-0.3, -0.25) is 4.99 Å². The van der Waals surface area contributed by atoms with Gasteiger partial charge in [-0.2, -0.15) is 13.2 Å². The highest BCUT2D eigenvalue weighted by molar-refractivity contribution is 14.0. The highest BCUT2D eigenvalue weighted by Gasteiger charge is 2.41. The van der Waals surface area contributed by atoms with Crippen molar-refractivity contribution >= 4 is 40.0 Å². The Kier molecular flexibility index (Phi) is 10.1. The molecule has 0 aromatic rings. The zero-order valence-electron chi connectivity index (χ0n) is 15.5. The summed E-state index contributed by atoms with van der Waals surface area (Å²) in [5, 5.41) is 6.02. The molecule has 0 aromatic heterocycles. The average molecular weight is 526 g/mol. The summed E-state index contributed by atoms with van der Waals surface area (Å²) in [6.45, 7) is 0.690. The molecule has 2 aliphatic carbocycles. The number of sulfonamides is 1. The van der Waals surface area contributed by atoms with Crippen molar-refractivity contribution in [3.8, 4) is 0 Å². The van der Waals surface area contributed by atoms with E-state index in [0.29, 0.717) is 31.3 Å². The van der Waals surface area contributed by atoms with E-state index in [0.717, 1.165) is 12.8 Å². The first kappa shape index (κ1) is 24.7. The normalized spacial score (nSPS) is 24.7. The molecule has 2 fully saturated rings. The summed E-state index contributed by atoms with van der Waals surface area (Å²) in [6.07, 6.45) is 0.266. The first-order valence-electron chi connectivity index (χ1n) is 9.21. The van der Waals surface area contributed by atoms with E-state index in [1.54, 1.807) is 7.05 Å². The van der Waals surface area contributed by atoms with E-state index in [-0.39, 0.29) is 55.2 Å². The molecule has 0 amide bonds. The molecular formula is C16H30F3IN4O2S. The van der Waals surface area contributed by atoms with Crippen LogP contribution in [0.25, 0.3) is 0 Å². The summed E-state index contributed by atoms with van der Waals surface area (Å²) in [4.78, 5) is 4.02. The summed E-state index contributed by atoms with van der Waals surface area (Å²) in [5.74, 6) is -0.405. The van der Waals surface area contributed by atoms with Crippen LogP contribution in [0, 0.1) is 11.8 Å². The van der Waals surface area contributed by atoms with Crippen LogP contribution >= 0.6 is 24.0 Å². The molecule has 0 heterocycles. The Morgan fingerprint density at radius 1 is 1.11 bits per heavy atom. The van der Waals surface area contributed by atoms with Crippen molar-refractivity contribution < 1.29 is 21.6 Å². The number of guanidine groups is 1. The maximum Gasteiger partial charge on any atom is 0.391 e. The molecule has 0 unspecified atom stereocenters. The number of nitrogens with zero attached hydrogens (tertiary/aromatic N) is 1. The lowest BCUT2D eigenvalue weighted by atomic mass is 9.85. The van der Waals surface area contributed by atoms with Crippen LogP contribution < -0.4 is 15.4 Å². The van der Waals surface area contributed by atoms with Crippen molar-refractivity contribution in [1.29, 1.82) is 0 Å². The Bertz CT molecular complexity index is 575. The lowest BCUT2D eigenvalue weighted by Gasteiger charge is -2.31. The van der Waals surface area contributed by atoms with Gasteiger partial charge in [-0.05, 0) is 44.4 Å². The molecule has 0 aromatic carbocycles. The molecule has 0 radical (unpaired) electrons. The fourth-order valence-corrected chi connectivity index (χ4v) is 4.28. The van der Waals surface area contributed by atoms with Crippen LogP contribution in [0.3, 0.4) is 0 Å². The van der Waals surface area contributed by atoms with Crippen LogP contribution in [0.5, 0.6) is 0 Å². The molecule has 0 saturated heterocycles. The SMILES string of the molecule is CN=C(NCCS(=O)(=O)NCC1CCC1)NC1CCC(C(F)(F)F)CC1.I. The van der Waals surface area contributed by atoms with E-state index in [4.69, 9.17) is 0 Å². The number of rotatable bonds is 7. The Balaban J connectivity index is 0.00000364. The fraction of sp³-hybridized carbons (Fsp3) is 0.938. The van der Waals surface area contributed by atoms with E-state index < -0.39 is 22.1 Å². The molecule has 27 heavy (non-hydrogen) atoms. The van der Waals surface area contributed by atoms with Crippen molar-refractivity contribution in [2.45, 2.75) is 57.2 Å². The molecule has 3 N–H and O–H groups in total. The van der Waals surface area contributed by atoms with E-state index >= 15 is 0 Å². The van der Waals surface area contributed by atoms with E-state index in [1.807, 2.05) is 0 Å². The van der Waals surface area contributed by atoms with Gasteiger partial charge < -0.3 is 10.6 Å². The predicted molar refractivity (Wildman–Crippen MR) is 111 cm³/mol. The maximum atomic E-state index is 12.7. The third-order valence-electron chi connectivity index (χ3n) is 5.23. The van der Waals surface area contributed by atoms with E-state index in [2.05, 4.69) is 20.3 Å². The standard InChI is InChI=1S/C16H29F3N4O2S.HI/c1-20-15(23-14-7-5-13(6-8-14)16(17,18)19)21-9-10-26(24,25)22-11-12-3-2-4-12;/h12-14,22H,2-11H2,1H3,(H2,20,21,23);1H. The first-order valence-corrected chi connectivity index (χ1v) is 10.9. The quantitative estimate of drug-likeness (QED) is 0.271. The van der Waals surface area contributed by atoms with Gasteiger partial charge in [0.15, 0.2) is 5.96 Å². The van der Waals surface area contributed by atoms with Crippen molar-refractivity contribution in [3.63, 3.8) is 0 Å². The van der Waals surface area contributed by atoms with Crippen molar-refractivity contribution in [2.75, 3.05) is 25.9 Å². The third-order valence-corrected chi connectivity index (χ3v) is 6.58. The minimum absolute atomic E-state index is 0.